The Balaban J connectivity index is 2.17. The third-order valence-electron chi connectivity index (χ3n) is 3.84. The molecular weight excluding hydrogens is 292 g/mol. The first kappa shape index (κ1) is 16.7. The number of benzene rings is 2. The molecule has 0 fully saturated rings. The maximum absolute atomic E-state index is 12.5. The average molecular weight is 312 g/mol. The highest BCUT2D eigenvalue weighted by atomic mass is 16.5. The molecule has 0 aliphatic carbocycles. The first-order valence-electron chi connectivity index (χ1n) is 7.41. The summed E-state index contributed by atoms with van der Waals surface area (Å²) in [4.78, 5) is 24.6. The van der Waals surface area contributed by atoms with Gasteiger partial charge in [0.25, 0.3) is 0 Å². The zero-order valence-corrected chi connectivity index (χ0v) is 13.7. The van der Waals surface area contributed by atoms with Crippen LogP contribution in [0.15, 0.2) is 36.4 Å². The zero-order valence-electron chi connectivity index (χ0n) is 13.7. The molecule has 0 radical (unpaired) electrons. The molecule has 2 aromatic rings. The minimum atomic E-state index is -0.898. The Morgan fingerprint density at radius 3 is 2.30 bits per heavy atom. The number of Topliss-reactive ketones (excluding diaryl/α,β-unsaturated/α-hetero) is 1. The van der Waals surface area contributed by atoms with Gasteiger partial charge in [-0.1, -0.05) is 12.1 Å². The largest absolute Gasteiger partial charge is 0.508 e. The van der Waals surface area contributed by atoms with Gasteiger partial charge in [0.1, 0.15) is 5.75 Å². The molecule has 120 valence electrons. The van der Waals surface area contributed by atoms with Crippen molar-refractivity contribution in [1.29, 1.82) is 0 Å². The smallest absolute Gasteiger partial charge is 0.338 e. The van der Waals surface area contributed by atoms with Crippen molar-refractivity contribution in [2.75, 3.05) is 0 Å². The summed E-state index contributed by atoms with van der Waals surface area (Å²) in [5.41, 5.74) is 3.76. The van der Waals surface area contributed by atoms with Gasteiger partial charge < -0.3 is 9.84 Å². The Bertz CT molecular complexity index is 762. The Morgan fingerprint density at radius 1 is 1.00 bits per heavy atom. The van der Waals surface area contributed by atoms with Crippen molar-refractivity contribution in [3.63, 3.8) is 0 Å². The molecule has 0 spiro atoms. The number of aromatic hydroxyl groups is 1. The van der Waals surface area contributed by atoms with Crippen molar-refractivity contribution in [2.24, 2.45) is 0 Å². The second kappa shape index (κ2) is 6.65. The molecule has 4 nitrogen and oxygen atoms in total. The average Bonchev–Trinajstić information content (AvgIpc) is 2.50. The molecule has 0 saturated heterocycles. The van der Waals surface area contributed by atoms with Gasteiger partial charge in [0.15, 0.2) is 6.10 Å². The van der Waals surface area contributed by atoms with Gasteiger partial charge in [-0.25, -0.2) is 4.79 Å². The highest BCUT2D eigenvalue weighted by Gasteiger charge is 2.22. The molecule has 0 bridgehead atoms. The third kappa shape index (κ3) is 3.77. The maximum Gasteiger partial charge on any atom is 0.338 e. The van der Waals surface area contributed by atoms with Gasteiger partial charge in [0.2, 0.25) is 5.78 Å². The lowest BCUT2D eigenvalue weighted by atomic mass is 9.96. The summed E-state index contributed by atoms with van der Waals surface area (Å²) in [5.74, 6) is -0.897. The molecule has 0 aliphatic rings. The quantitative estimate of drug-likeness (QED) is 0.690. The topological polar surface area (TPSA) is 63.6 Å². The van der Waals surface area contributed by atoms with Crippen LogP contribution in [0.2, 0.25) is 0 Å². The van der Waals surface area contributed by atoms with Crippen LogP contribution < -0.4 is 0 Å². The first-order chi connectivity index (χ1) is 10.8. The number of hydrogen-bond acceptors (Lipinski definition) is 4. The van der Waals surface area contributed by atoms with Gasteiger partial charge in [-0.05, 0) is 68.7 Å². The molecular formula is C19H20O4. The predicted molar refractivity (Wildman–Crippen MR) is 88.0 cm³/mol. The van der Waals surface area contributed by atoms with Gasteiger partial charge in [-0.15, -0.1) is 0 Å². The predicted octanol–water partition coefficient (Wildman–Crippen LogP) is 3.75. The lowest BCUT2D eigenvalue weighted by Gasteiger charge is -2.15. The SMILES string of the molecule is Cc1cc(C)c(C(=O)[C@H](C)OC(=O)c2cccc(O)c2)cc1C. The van der Waals surface area contributed by atoms with Crippen LogP contribution in [0.5, 0.6) is 5.75 Å². The minimum absolute atomic E-state index is 0.0246. The normalized spacial score (nSPS) is 11.8. The molecule has 0 unspecified atom stereocenters. The second-order valence-electron chi connectivity index (χ2n) is 5.71. The van der Waals surface area contributed by atoms with Crippen molar-refractivity contribution in [1.82, 2.24) is 0 Å². The van der Waals surface area contributed by atoms with Gasteiger partial charge in [0, 0.05) is 5.56 Å². The minimum Gasteiger partial charge on any atom is -0.508 e. The summed E-state index contributed by atoms with van der Waals surface area (Å²) < 4.78 is 5.23. The molecule has 2 rings (SSSR count). The van der Waals surface area contributed by atoms with Gasteiger partial charge in [-0.3, -0.25) is 4.79 Å². The summed E-state index contributed by atoms with van der Waals surface area (Å²) in [5, 5.41) is 9.40. The first-order valence-corrected chi connectivity index (χ1v) is 7.41. The molecule has 0 aliphatic heterocycles. The van der Waals surface area contributed by atoms with Gasteiger partial charge in [0.05, 0.1) is 5.56 Å². The zero-order chi connectivity index (χ0) is 17.1. The fourth-order valence-corrected chi connectivity index (χ4v) is 2.36. The van der Waals surface area contributed by atoms with E-state index in [4.69, 9.17) is 4.74 Å². The summed E-state index contributed by atoms with van der Waals surface area (Å²) in [6, 6.07) is 9.62. The number of carbonyl (C=O) groups is 2. The van der Waals surface area contributed by atoms with Crippen LogP contribution in [-0.4, -0.2) is 23.0 Å². The molecule has 1 atom stereocenters. The van der Waals surface area contributed by atoms with Crippen molar-refractivity contribution < 1.29 is 19.4 Å². The highest BCUT2D eigenvalue weighted by Crippen LogP contribution is 2.19. The van der Waals surface area contributed by atoms with Crippen LogP contribution in [0.3, 0.4) is 0 Å². The van der Waals surface area contributed by atoms with E-state index in [2.05, 4.69) is 0 Å². The van der Waals surface area contributed by atoms with E-state index in [1.807, 2.05) is 32.9 Å². The molecule has 4 heteroatoms. The van der Waals surface area contributed by atoms with Crippen molar-refractivity contribution in [3.05, 3.63) is 64.2 Å². The Kier molecular flexibility index (Phi) is 4.84. The monoisotopic (exact) mass is 312 g/mol. The number of aryl methyl sites for hydroxylation is 3. The van der Waals surface area contributed by atoms with Crippen LogP contribution in [-0.2, 0) is 4.74 Å². The summed E-state index contributed by atoms with van der Waals surface area (Å²) >= 11 is 0. The second-order valence-corrected chi connectivity index (χ2v) is 5.71. The van der Waals surface area contributed by atoms with E-state index in [9.17, 15) is 14.7 Å². The fourth-order valence-electron chi connectivity index (χ4n) is 2.36. The number of carbonyl (C=O) groups excluding carboxylic acids is 2. The summed E-state index contributed by atoms with van der Waals surface area (Å²) in [7, 11) is 0. The molecule has 23 heavy (non-hydrogen) atoms. The van der Waals surface area contributed by atoms with E-state index in [1.54, 1.807) is 13.0 Å². The van der Waals surface area contributed by atoms with Crippen LogP contribution >= 0.6 is 0 Å². The van der Waals surface area contributed by atoms with Crippen molar-refractivity contribution in [2.45, 2.75) is 33.8 Å². The van der Waals surface area contributed by atoms with Crippen molar-refractivity contribution in [3.8, 4) is 5.75 Å². The number of rotatable bonds is 4. The maximum atomic E-state index is 12.5. The third-order valence-corrected chi connectivity index (χ3v) is 3.84. The van der Waals surface area contributed by atoms with E-state index >= 15 is 0 Å². The number of phenolic OH excluding ortho intramolecular Hbond substituents is 1. The standard InChI is InChI=1S/C19H20O4/c1-11-8-13(3)17(9-12(11)2)18(21)14(4)23-19(22)15-6-5-7-16(20)10-15/h5-10,14,20H,1-4H3/t14-/m0/s1. The summed E-state index contributed by atoms with van der Waals surface area (Å²) in [6.45, 7) is 7.35. The Labute approximate surface area is 135 Å². The number of ketones is 1. The molecule has 0 saturated carbocycles. The fraction of sp³-hybridized carbons (Fsp3) is 0.263. The summed E-state index contributed by atoms with van der Waals surface area (Å²) in [6.07, 6.45) is -0.898. The number of phenols is 1. The van der Waals surface area contributed by atoms with E-state index in [0.717, 1.165) is 16.7 Å². The molecule has 0 heterocycles. The molecule has 0 aromatic heterocycles. The van der Waals surface area contributed by atoms with E-state index < -0.39 is 12.1 Å². The van der Waals surface area contributed by atoms with E-state index in [0.29, 0.717) is 5.56 Å². The molecule has 0 amide bonds. The Morgan fingerprint density at radius 2 is 1.65 bits per heavy atom. The highest BCUT2D eigenvalue weighted by molar-refractivity contribution is 6.02. The van der Waals surface area contributed by atoms with Crippen LogP contribution in [0.25, 0.3) is 0 Å². The number of hydrogen-bond donors (Lipinski definition) is 1. The van der Waals surface area contributed by atoms with Crippen LogP contribution in [0.1, 0.15) is 44.3 Å². The Hall–Kier alpha value is -2.62. The lowest BCUT2D eigenvalue weighted by Crippen LogP contribution is -2.25. The number of esters is 1. The van der Waals surface area contributed by atoms with Crippen molar-refractivity contribution >= 4 is 11.8 Å². The van der Waals surface area contributed by atoms with Crippen LogP contribution in [0.4, 0.5) is 0 Å². The lowest BCUT2D eigenvalue weighted by molar-refractivity contribution is 0.0318. The van der Waals surface area contributed by atoms with Crippen LogP contribution in [0, 0.1) is 20.8 Å². The molecule has 2 aromatic carbocycles. The van der Waals surface area contributed by atoms with Gasteiger partial charge in [-0.2, -0.15) is 0 Å². The van der Waals surface area contributed by atoms with E-state index in [-0.39, 0.29) is 17.1 Å². The molecule has 1 N–H and O–H groups in total. The number of ether oxygens (including phenoxy) is 1. The van der Waals surface area contributed by atoms with Gasteiger partial charge >= 0.3 is 5.97 Å². The van der Waals surface area contributed by atoms with E-state index in [1.165, 1.54) is 18.2 Å².